The highest BCUT2D eigenvalue weighted by molar-refractivity contribution is 5.85. The molecule has 1 aliphatic rings. The van der Waals surface area contributed by atoms with Gasteiger partial charge in [-0.2, -0.15) is 0 Å². The van der Waals surface area contributed by atoms with Crippen LogP contribution in [0.25, 0.3) is 0 Å². The minimum Gasteiger partial charge on any atom is -0.337 e. The lowest BCUT2D eigenvalue weighted by Gasteiger charge is -2.29. The molecule has 0 saturated heterocycles. The molecule has 0 heterocycles. The van der Waals surface area contributed by atoms with E-state index in [-0.39, 0.29) is 18.3 Å². The highest BCUT2D eigenvalue weighted by Crippen LogP contribution is 2.25. The molecule has 112 valence electrons. The van der Waals surface area contributed by atoms with Crippen LogP contribution >= 0.6 is 12.4 Å². The molecular formula is C16H25ClN2O. The Hall–Kier alpha value is -1.06. The van der Waals surface area contributed by atoms with Crippen molar-refractivity contribution in [1.82, 2.24) is 4.90 Å². The van der Waals surface area contributed by atoms with Crippen LogP contribution in [0.2, 0.25) is 0 Å². The van der Waals surface area contributed by atoms with Crippen molar-refractivity contribution in [3.8, 4) is 0 Å². The standard InChI is InChI=1S/C16H24N2O.ClH/c17-11-12-18(13-14-7-3-1-4-8-14)16(19)15-9-5-2-6-10-15;/h1,3-4,7-8,15H,2,5-6,9-13,17H2;1H. The summed E-state index contributed by atoms with van der Waals surface area (Å²) in [4.78, 5) is 14.5. The SMILES string of the molecule is Cl.NCCN(Cc1ccccc1)C(=O)C1CCCCC1. The quantitative estimate of drug-likeness (QED) is 0.908. The van der Waals surface area contributed by atoms with E-state index in [1.165, 1.54) is 24.8 Å². The maximum absolute atomic E-state index is 12.6. The first kappa shape index (κ1) is 17.0. The number of nitrogens with zero attached hydrogens (tertiary/aromatic N) is 1. The van der Waals surface area contributed by atoms with E-state index in [1.807, 2.05) is 23.1 Å². The van der Waals surface area contributed by atoms with Gasteiger partial charge in [-0.3, -0.25) is 4.79 Å². The molecule has 20 heavy (non-hydrogen) atoms. The predicted octanol–water partition coefficient (Wildman–Crippen LogP) is 2.98. The van der Waals surface area contributed by atoms with Crippen molar-refractivity contribution in [2.45, 2.75) is 38.6 Å². The van der Waals surface area contributed by atoms with E-state index >= 15 is 0 Å². The zero-order valence-electron chi connectivity index (χ0n) is 12.0. The molecule has 0 aromatic heterocycles. The van der Waals surface area contributed by atoms with Gasteiger partial charge in [-0.15, -0.1) is 12.4 Å². The van der Waals surface area contributed by atoms with E-state index in [0.29, 0.717) is 25.5 Å². The van der Waals surface area contributed by atoms with E-state index in [9.17, 15) is 4.79 Å². The first-order valence-corrected chi connectivity index (χ1v) is 7.34. The molecule has 1 fully saturated rings. The average Bonchev–Trinajstić information content (AvgIpc) is 2.48. The highest BCUT2D eigenvalue weighted by Gasteiger charge is 2.25. The number of carbonyl (C=O) groups excluding carboxylic acids is 1. The van der Waals surface area contributed by atoms with Crippen LogP contribution < -0.4 is 5.73 Å². The van der Waals surface area contributed by atoms with E-state index < -0.39 is 0 Å². The predicted molar refractivity (Wildman–Crippen MR) is 84.7 cm³/mol. The van der Waals surface area contributed by atoms with Gasteiger partial charge in [0.1, 0.15) is 0 Å². The summed E-state index contributed by atoms with van der Waals surface area (Å²) in [6.07, 6.45) is 5.76. The normalized spacial score (nSPS) is 15.4. The lowest BCUT2D eigenvalue weighted by Crippen LogP contribution is -2.39. The molecule has 1 aromatic rings. The summed E-state index contributed by atoms with van der Waals surface area (Å²) in [6, 6.07) is 10.2. The minimum atomic E-state index is 0. The van der Waals surface area contributed by atoms with Gasteiger partial charge in [-0.1, -0.05) is 49.6 Å². The number of amides is 1. The van der Waals surface area contributed by atoms with Gasteiger partial charge >= 0.3 is 0 Å². The number of benzene rings is 1. The number of hydrogen-bond donors (Lipinski definition) is 1. The number of hydrogen-bond acceptors (Lipinski definition) is 2. The molecule has 1 amide bonds. The second kappa shape index (κ2) is 8.98. The fourth-order valence-electron chi connectivity index (χ4n) is 2.83. The maximum Gasteiger partial charge on any atom is 0.226 e. The van der Waals surface area contributed by atoms with E-state index in [4.69, 9.17) is 5.73 Å². The number of halogens is 1. The summed E-state index contributed by atoms with van der Waals surface area (Å²) in [5, 5.41) is 0. The Balaban J connectivity index is 0.00000200. The van der Waals surface area contributed by atoms with Gasteiger partial charge in [0.25, 0.3) is 0 Å². The third-order valence-corrected chi connectivity index (χ3v) is 3.88. The second-order valence-electron chi connectivity index (χ2n) is 5.37. The highest BCUT2D eigenvalue weighted by atomic mass is 35.5. The monoisotopic (exact) mass is 296 g/mol. The Bertz CT molecular complexity index is 391. The fraction of sp³-hybridized carbons (Fsp3) is 0.562. The zero-order chi connectivity index (χ0) is 13.5. The van der Waals surface area contributed by atoms with Crippen LogP contribution in [0.15, 0.2) is 30.3 Å². The van der Waals surface area contributed by atoms with Crippen molar-refractivity contribution in [3.63, 3.8) is 0 Å². The van der Waals surface area contributed by atoms with Gasteiger partial charge < -0.3 is 10.6 Å². The van der Waals surface area contributed by atoms with Crippen LogP contribution in [0.4, 0.5) is 0 Å². The topological polar surface area (TPSA) is 46.3 Å². The van der Waals surface area contributed by atoms with Crippen molar-refractivity contribution >= 4 is 18.3 Å². The first-order valence-electron chi connectivity index (χ1n) is 7.34. The van der Waals surface area contributed by atoms with Gasteiger partial charge in [-0.05, 0) is 18.4 Å². The average molecular weight is 297 g/mol. The Morgan fingerprint density at radius 3 is 2.40 bits per heavy atom. The van der Waals surface area contributed by atoms with Gasteiger partial charge in [0, 0.05) is 25.6 Å². The Kier molecular flexibility index (Phi) is 7.63. The van der Waals surface area contributed by atoms with Gasteiger partial charge in [0.15, 0.2) is 0 Å². The van der Waals surface area contributed by atoms with Crippen LogP contribution in [0.5, 0.6) is 0 Å². The maximum atomic E-state index is 12.6. The van der Waals surface area contributed by atoms with Crippen LogP contribution in [0.1, 0.15) is 37.7 Å². The van der Waals surface area contributed by atoms with Crippen LogP contribution in [0.3, 0.4) is 0 Å². The molecule has 0 unspecified atom stereocenters. The summed E-state index contributed by atoms with van der Waals surface area (Å²) in [5.74, 6) is 0.526. The number of nitrogens with two attached hydrogens (primary N) is 1. The number of carbonyl (C=O) groups is 1. The fourth-order valence-corrected chi connectivity index (χ4v) is 2.83. The van der Waals surface area contributed by atoms with Gasteiger partial charge in [0.05, 0.1) is 0 Å². The molecular weight excluding hydrogens is 272 g/mol. The van der Waals surface area contributed by atoms with Crippen LogP contribution in [0, 0.1) is 5.92 Å². The van der Waals surface area contributed by atoms with Crippen LogP contribution in [-0.2, 0) is 11.3 Å². The summed E-state index contributed by atoms with van der Waals surface area (Å²) in [6.45, 7) is 1.88. The molecule has 3 nitrogen and oxygen atoms in total. The molecule has 1 saturated carbocycles. The number of rotatable bonds is 5. The minimum absolute atomic E-state index is 0. The zero-order valence-corrected chi connectivity index (χ0v) is 12.8. The Morgan fingerprint density at radius 2 is 1.80 bits per heavy atom. The molecule has 0 radical (unpaired) electrons. The molecule has 4 heteroatoms. The molecule has 1 aromatic carbocycles. The molecule has 1 aliphatic carbocycles. The summed E-state index contributed by atoms with van der Waals surface area (Å²) >= 11 is 0. The van der Waals surface area contributed by atoms with Gasteiger partial charge in [-0.25, -0.2) is 0 Å². The van der Waals surface area contributed by atoms with Gasteiger partial charge in [0.2, 0.25) is 5.91 Å². The van der Waals surface area contributed by atoms with Crippen molar-refractivity contribution in [2.24, 2.45) is 11.7 Å². The third kappa shape index (κ3) is 4.80. The summed E-state index contributed by atoms with van der Waals surface area (Å²) < 4.78 is 0. The second-order valence-corrected chi connectivity index (χ2v) is 5.37. The molecule has 0 aliphatic heterocycles. The van der Waals surface area contributed by atoms with E-state index in [0.717, 1.165) is 12.8 Å². The van der Waals surface area contributed by atoms with Crippen molar-refractivity contribution < 1.29 is 4.79 Å². The summed E-state index contributed by atoms with van der Waals surface area (Å²) in [7, 11) is 0. The van der Waals surface area contributed by atoms with E-state index in [2.05, 4.69) is 12.1 Å². The van der Waals surface area contributed by atoms with Crippen molar-refractivity contribution in [3.05, 3.63) is 35.9 Å². The molecule has 2 N–H and O–H groups in total. The first-order chi connectivity index (χ1) is 9.31. The smallest absolute Gasteiger partial charge is 0.226 e. The van der Waals surface area contributed by atoms with E-state index in [1.54, 1.807) is 0 Å². The third-order valence-electron chi connectivity index (χ3n) is 3.88. The Labute approximate surface area is 127 Å². The largest absolute Gasteiger partial charge is 0.337 e. The molecule has 0 bridgehead atoms. The lowest BCUT2D eigenvalue weighted by atomic mass is 9.88. The Morgan fingerprint density at radius 1 is 1.15 bits per heavy atom. The van der Waals surface area contributed by atoms with Crippen LogP contribution in [-0.4, -0.2) is 23.9 Å². The van der Waals surface area contributed by atoms with Crippen molar-refractivity contribution in [1.29, 1.82) is 0 Å². The molecule has 0 spiro atoms. The molecule has 0 atom stereocenters. The summed E-state index contributed by atoms with van der Waals surface area (Å²) in [5.41, 5.74) is 6.84. The molecule has 2 rings (SSSR count). The lowest BCUT2D eigenvalue weighted by molar-refractivity contribution is -0.137. The van der Waals surface area contributed by atoms with Crippen molar-refractivity contribution in [2.75, 3.05) is 13.1 Å².